The van der Waals surface area contributed by atoms with Crippen LogP contribution in [0.1, 0.15) is 49.5 Å². The molecule has 17 heavy (non-hydrogen) atoms. The number of nitrogens with two attached hydrogens (primary N) is 1. The summed E-state index contributed by atoms with van der Waals surface area (Å²) in [5.74, 6) is 1.21. The predicted molar refractivity (Wildman–Crippen MR) is 79.6 cm³/mol. The number of thioether (sulfide) groups is 1. The molecule has 0 aliphatic carbocycles. The van der Waals surface area contributed by atoms with Gasteiger partial charge in [0, 0.05) is 11.3 Å². The van der Waals surface area contributed by atoms with Gasteiger partial charge in [-0.05, 0) is 31.1 Å². The molecular weight excluding hydrogens is 226 g/mol. The Morgan fingerprint density at radius 3 is 2.35 bits per heavy atom. The van der Waals surface area contributed by atoms with Gasteiger partial charge in [-0.1, -0.05) is 50.1 Å². The highest BCUT2D eigenvalue weighted by Crippen LogP contribution is 2.33. The van der Waals surface area contributed by atoms with Crippen molar-refractivity contribution in [1.29, 1.82) is 0 Å². The van der Waals surface area contributed by atoms with E-state index in [0.717, 1.165) is 6.42 Å². The van der Waals surface area contributed by atoms with Crippen LogP contribution in [0.25, 0.3) is 0 Å². The molecular formula is C15H25NS. The lowest BCUT2D eigenvalue weighted by molar-refractivity contribution is 0.633. The zero-order chi connectivity index (χ0) is 12.7. The standard InChI is InChI=1S/C15H25NS/c1-4-6-11-17-15(14(16)5-2)13-9-7-12(3)8-10-13/h7-10,14-15H,4-6,11,16H2,1-3H3. The minimum atomic E-state index is 0.263. The van der Waals surface area contributed by atoms with Gasteiger partial charge in [0.05, 0.1) is 0 Å². The summed E-state index contributed by atoms with van der Waals surface area (Å²) in [4.78, 5) is 0. The molecule has 0 fully saturated rings. The maximum Gasteiger partial charge on any atom is 0.0448 e. The zero-order valence-corrected chi connectivity index (χ0v) is 12.1. The van der Waals surface area contributed by atoms with Crippen LogP contribution in [0, 0.1) is 6.92 Å². The van der Waals surface area contributed by atoms with E-state index in [0.29, 0.717) is 5.25 Å². The van der Waals surface area contributed by atoms with Gasteiger partial charge in [-0.3, -0.25) is 0 Å². The van der Waals surface area contributed by atoms with E-state index in [2.05, 4.69) is 45.0 Å². The molecule has 0 aromatic heterocycles. The molecule has 2 atom stereocenters. The monoisotopic (exact) mass is 251 g/mol. The maximum atomic E-state index is 6.25. The third kappa shape index (κ3) is 4.72. The molecule has 2 N–H and O–H groups in total. The zero-order valence-electron chi connectivity index (χ0n) is 11.3. The molecule has 0 heterocycles. The lowest BCUT2D eigenvalue weighted by Gasteiger charge is -2.23. The Hall–Kier alpha value is -0.470. The summed E-state index contributed by atoms with van der Waals surface area (Å²) >= 11 is 2.01. The van der Waals surface area contributed by atoms with Crippen molar-refractivity contribution in [1.82, 2.24) is 0 Å². The van der Waals surface area contributed by atoms with Crippen molar-refractivity contribution in [2.45, 2.75) is 51.3 Å². The summed E-state index contributed by atoms with van der Waals surface area (Å²) in [6, 6.07) is 9.10. The highest BCUT2D eigenvalue weighted by atomic mass is 32.2. The van der Waals surface area contributed by atoms with Crippen molar-refractivity contribution in [3.05, 3.63) is 35.4 Å². The summed E-state index contributed by atoms with van der Waals surface area (Å²) in [6.45, 7) is 6.54. The Morgan fingerprint density at radius 1 is 1.18 bits per heavy atom. The van der Waals surface area contributed by atoms with Crippen molar-refractivity contribution in [3.63, 3.8) is 0 Å². The molecule has 1 aromatic rings. The molecule has 0 saturated carbocycles. The first-order chi connectivity index (χ1) is 8.19. The van der Waals surface area contributed by atoms with E-state index in [1.807, 2.05) is 11.8 Å². The molecule has 2 heteroatoms. The number of aryl methyl sites for hydroxylation is 1. The highest BCUT2D eigenvalue weighted by molar-refractivity contribution is 7.99. The van der Waals surface area contributed by atoms with Gasteiger partial charge in [0.1, 0.15) is 0 Å². The Balaban J connectivity index is 2.71. The number of benzene rings is 1. The Kier molecular flexibility index (Phi) is 6.68. The number of hydrogen-bond acceptors (Lipinski definition) is 2. The fourth-order valence-corrected chi connectivity index (χ4v) is 3.29. The fourth-order valence-electron chi connectivity index (χ4n) is 1.79. The maximum absolute atomic E-state index is 6.25. The van der Waals surface area contributed by atoms with Crippen LogP contribution in [0.4, 0.5) is 0 Å². The van der Waals surface area contributed by atoms with Gasteiger partial charge in [-0.2, -0.15) is 11.8 Å². The second-order valence-electron chi connectivity index (χ2n) is 4.63. The largest absolute Gasteiger partial charge is 0.326 e. The third-order valence-corrected chi connectivity index (χ3v) is 4.57. The van der Waals surface area contributed by atoms with Gasteiger partial charge in [0.2, 0.25) is 0 Å². The molecule has 0 aliphatic heterocycles. The lowest BCUT2D eigenvalue weighted by Crippen LogP contribution is -2.25. The van der Waals surface area contributed by atoms with E-state index in [1.54, 1.807) is 0 Å². The van der Waals surface area contributed by atoms with Crippen molar-refractivity contribution in [2.75, 3.05) is 5.75 Å². The van der Waals surface area contributed by atoms with Crippen LogP contribution >= 0.6 is 11.8 Å². The minimum Gasteiger partial charge on any atom is -0.326 e. The quantitative estimate of drug-likeness (QED) is 0.731. The summed E-state index contributed by atoms with van der Waals surface area (Å²) in [5.41, 5.74) is 8.95. The number of unbranched alkanes of at least 4 members (excludes halogenated alkanes) is 1. The highest BCUT2D eigenvalue weighted by Gasteiger charge is 2.18. The summed E-state index contributed by atoms with van der Waals surface area (Å²) in [5, 5.41) is 0.451. The first kappa shape index (κ1) is 14.6. The van der Waals surface area contributed by atoms with E-state index in [4.69, 9.17) is 5.73 Å². The summed E-state index contributed by atoms with van der Waals surface area (Å²) < 4.78 is 0. The van der Waals surface area contributed by atoms with E-state index in [9.17, 15) is 0 Å². The topological polar surface area (TPSA) is 26.0 Å². The first-order valence-electron chi connectivity index (χ1n) is 6.62. The fraction of sp³-hybridized carbons (Fsp3) is 0.600. The summed E-state index contributed by atoms with van der Waals surface area (Å²) in [6.07, 6.45) is 3.58. The molecule has 2 unspecified atom stereocenters. The van der Waals surface area contributed by atoms with Crippen molar-refractivity contribution in [2.24, 2.45) is 5.73 Å². The van der Waals surface area contributed by atoms with Gasteiger partial charge >= 0.3 is 0 Å². The van der Waals surface area contributed by atoms with Crippen LogP contribution in [0.3, 0.4) is 0 Å². The normalized spacial score (nSPS) is 14.6. The Morgan fingerprint density at radius 2 is 1.82 bits per heavy atom. The molecule has 0 amide bonds. The van der Waals surface area contributed by atoms with Crippen LogP contribution in [0.5, 0.6) is 0 Å². The van der Waals surface area contributed by atoms with E-state index in [-0.39, 0.29) is 6.04 Å². The molecule has 0 aliphatic rings. The molecule has 0 saturated heterocycles. The van der Waals surface area contributed by atoms with Crippen molar-refractivity contribution < 1.29 is 0 Å². The van der Waals surface area contributed by atoms with E-state index < -0.39 is 0 Å². The molecule has 1 aromatic carbocycles. The Bertz CT molecular complexity index is 307. The van der Waals surface area contributed by atoms with E-state index in [1.165, 1.54) is 29.7 Å². The number of rotatable bonds is 7. The third-order valence-electron chi connectivity index (χ3n) is 3.06. The lowest BCUT2D eigenvalue weighted by atomic mass is 10.0. The van der Waals surface area contributed by atoms with Gasteiger partial charge < -0.3 is 5.73 Å². The van der Waals surface area contributed by atoms with Crippen LogP contribution in [0.2, 0.25) is 0 Å². The van der Waals surface area contributed by atoms with Gasteiger partial charge in [-0.15, -0.1) is 0 Å². The van der Waals surface area contributed by atoms with Crippen molar-refractivity contribution >= 4 is 11.8 Å². The second kappa shape index (κ2) is 7.78. The molecule has 1 rings (SSSR count). The minimum absolute atomic E-state index is 0.263. The molecule has 0 spiro atoms. The van der Waals surface area contributed by atoms with Crippen LogP contribution < -0.4 is 5.73 Å². The van der Waals surface area contributed by atoms with Crippen molar-refractivity contribution in [3.8, 4) is 0 Å². The van der Waals surface area contributed by atoms with Gasteiger partial charge in [0.15, 0.2) is 0 Å². The SMILES string of the molecule is CCCCSC(c1ccc(C)cc1)C(N)CC. The molecule has 0 bridgehead atoms. The molecule has 96 valence electrons. The van der Waals surface area contributed by atoms with Crippen LogP contribution in [-0.4, -0.2) is 11.8 Å². The van der Waals surface area contributed by atoms with Crippen LogP contribution in [0.15, 0.2) is 24.3 Å². The van der Waals surface area contributed by atoms with Gasteiger partial charge in [-0.25, -0.2) is 0 Å². The number of hydrogen-bond donors (Lipinski definition) is 1. The smallest absolute Gasteiger partial charge is 0.0448 e. The van der Waals surface area contributed by atoms with E-state index >= 15 is 0 Å². The van der Waals surface area contributed by atoms with Crippen LogP contribution in [-0.2, 0) is 0 Å². The summed E-state index contributed by atoms with van der Waals surface area (Å²) in [7, 11) is 0. The Labute approximate surface area is 110 Å². The second-order valence-corrected chi connectivity index (χ2v) is 5.88. The average Bonchev–Trinajstić information content (AvgIpc) is 2.35. The molecule has 0 radical (unpaired) electrons. The molecule has 1 nitrogen and oxygen atoms in total. The van der Waals surface area contributed by atoms with Gasteiger partial charge in [0.25, 0.3) is 0 Å². The predicted octanol–water partition coefficient (Wildman–Crippen LogP) is 4.31. The first-order valence-corrected chi connectivity index (χ1v) is 7.67. The average molecular weight is 251 g/mol.